The van der Waals surface area contributed by atoms with E-state index in [-0.39, 0.29) is 12.5 Å². The molecule has 148 valence electrons. The van der Waals surface area contributed by atoms with Crippen molar-refractivity contribution in [2.24, 2.45) is 0 Å². The monoisotopic (exact) mass is 388 g/mol. The maximum absolute atomic E-state index is 11.5. The summed E-state index contributed by atoms with van der Waals surface area (Å²) in [6.45, 7) is 5.23. The van der Waals surface area contributed by atoms with Gasteiger partial charge < -0.3 is 15.0 Å². The van der Waals surface area contributed by atoms with Gasteiger partial charge in [-0.05, 0) is 36.2 Å². The first-order valence-corrected chi connectivity index (χ1v) is 10.1. The number of rotatable bonds is 4. The van der Waals surface area contributed by atoms with Gasteiger partial charge in [-0.15, -0.1) is 0 Å². The predicted molar refractivity (Wildman–Crippen MR) is 115 cm³/mol. The van der Waals surface area contributed by atoms with E-state index in [1.807, 2.05) is 24.4 Å². The molecule has 0 aliphatic carbocycles. The number of hydrogen-bond donors (Lipinski definition) is 1. The molecule has 6 nitrogen and oxygen atoms in total. The van der Waals surface area contributed by atoms with E-state index in [4.69, 9.17) is 4.74 Å². The number of carbonyl (C=O) groups excluding carboxylic acids is 1. The lowest BCUT2D eigenvalue weighted by Gasteiger charge is -2.36. The van der Waals surface area contributed by atoms with Crippen LogP contribution >= 0.6 is 0 Å². The van der Waals surface area contributed by atoms with Crippen LogP contribution in [0.2, 0.25) is 0 Å². The molecule has 3 aromatic rings. The summed E-state index contributed by atoms with van der Waals surface area (Å²) in [5, 5.41) is 4.11. The van der Waals surface area contributed by atoms with Gasteiger partial charge in [0.25, 0.3) is 5.91 Å². The maximum atomic E-state index is 11.5. The van der Waals surface area contributed by atoms with Crippen LogP contribution in [0.25, 0.3) is 10.9 Å². The minimum atomic E-state index is -0.0885. The molecule has 0 bridgehead atoms. The van der Waals surface area contributed by atoms with Crippen molar-refractivity contribution in [2.45, 2.75) is 6.42 Å². The molecule has 0 unspecified atom stereocenters. The minimum Gasteiger partial charge on any atom is -0.482 e. The van der Waals surface area contributed by atoms with Gasteiger partial charge in [0, 0.05) is 50.0 Å². The SMILES string of the molecule is O=C1COc2ccc(CCN3CCN(c4ccnc5ccccc45)CC3)cc2N1. The first kappa shape index (κ1) is 17.9. The number of hydrogen-bond acceptors (Lipinski definition) is 5. The molecule has 29 heavy (non-hydrogen) atoms. The third kappa shape index (κ3) is 3.76. The highest BCUT2D eigenvalue weighted by atomic mass is 16.5. The molecule has 1 saturated heterocycles. The molecule has 3 heterocycles. The fraction of sp³-hybridized carbons (Fsp3) is 0.304. The Morgan fingerprint density at radius 1 is 1.03 bits per heavy atom. The molecule has 0 saturated carbocycles. The van der Waals surface area contributed by atoms with E-state index in [9.17, 15) is 4.79 Å². The highest BCUT2D eigenvalue weighted by Crippen LogP contribution is 2.29. The number of nitrogens with zero attached hydrogens (tertiary/aromatic N) is 3. The van der Waals surface area contributed by atoms with Crippen molar-refractivity contribution in [3.63, 3.8) is 0 Å². The van der Waals surface area contributed by atoms with Crippen LogP contribution in [0.1, 0.15) is 5.56 Å². The first-order valence-electron chi connectivity index (χ1n) is 10.1. The number of para-hydroxylation sites is 1. The summed E-state index contributed by atoms with van der Waals surface area (Å²) < 4.78 is 5.44. The minimum absolute atomic E-state index is 0.0885. The molecule has 0 atom stereocenters. The fourth-order valence-corrected chi connectivity index (χ4v) is 4.14. The summed E-state index contributed by atoms with van der Waals surface area (Å²) in [6.07, 6.45) is 2.87. The van der Waals surface area contributed by atoms with E-state index < -0.39 is 0 Å². The van der Waals surface area contributed by atoms with Crippen LogP contribution in [-0.2, 0) is 11.2 Å². The zero-order chi connectivity index (χ0) is 19.6. The van der Waals surface area contributed by atoms with E-state index in [0.717, 1.165) is 56.1 Å². The van der Waals surface area contributed by atoms with Crippen molar-refractivity contribution in [2.75, 3.05) is 49.5 Å². The molecule has 2 aliphatic heterocycles. The van der Waals surface area contributed by atoms with Gasteiger partial charge in [0.05, 0.1) is 11.2 Å². The molecule has 0 spiro atoms. The van der Waals surface area contributed by atoms with Crippen molar-refractivity contribution in [3.8, 4) is 5.75 Å². The van der Waals surface area contributed by atoms with Crippen LogP contribution < -0.4 is 15.0 Å². The van der Waals surface area contributed by atoms with Crippen molar-refractivity contribution in [1.29, 1.82) is 0 Å². The summed E-state index contributed by atoms with van der Waals surface area (Å²) in [7, 11) is 0. The van der Waals surface area contributed by atoms with Gasteiger partial charge in [0.2, 0.25) is 0 Å². The quantitative estimate of drug-likeness (QED) is 0.745. The second-order valence-electron chi connectivity index (χ2n) is 7.59. The number of fused-ring (bicyclic) bond motifs is 2. The van der Waals surface area contributed by atoms with Crippen molar-refractivity contribution < 1.29 is 9.53 Å². The van der Waals surface area contributed by atoms with Crippen LogP contribution in [0, 0.1) is 0 Å². The molecule has 1 fully saturated rings. The zero-order valence-corrected chi connectivity index (χ0v) is 16.3. The zero-order valence-electron chi connectivity index (χ0n) is 16.3. The average molecular weight is 388 g/mol. The molecule has 1 N–H and O–H groups in total. The second-order valence-corrected chi connectivity index (χ2v) is 7.59. The van der Waals surface area contributed by atoms with Gasteiger partial charge in [0.1, 0.15) is 5.75 Å². The number of amides is 1. The highest BCUT2D eigenvalue weighted by molar-refractivity contribution is 5.95. The van der Waals surface area contributed by atoms with E-state index in [2.05, 4.69) is 50.4 Å². The second kappa shape index (κ2) is 7.72. The number of piperazine rings is 1. The number of aromatic nitrogens is 1. The van der Waals surface area contributed by atoms with E-state index in [1.54, 1.807) is 0 Å². The number of nitrogens with one attached hydrogen (secondary N) is 1. The summed E-state index contributed by atoms with van der Waals surface area (Å²) in [5.74, 6) is 0.668. The van der Waals surface area contributed by atoms with Gasteiger partial charge >= 0.3 is 0 Å². The third-order valence-corrected chi connectivity index (χ3v) is 5.73. The number of ether oxygens (including phenoxy) is 1. The van der Waals surface area contributed by atoms with E-state index in [1.165, 1.54) is 16.6 Å². The Labute approximate surface area is 170 Å². The molecule has 2 aromatic carbocycles. The maximum Gasteiger partial charge on any atom is 0.262 e. The van der Waals surface area contributed by atoms with Crippen LogP contribution in [0.4, 0.5) is 11.4 Å². The van der Waals surface area contributed by atoms with Crippen molar-refractivity contribution >= 4 is 28.2 Å². The lowest BCUT2D eigenvalue weighted by molar-refractivity contribution is -0.118. The summed E-state index contributed by atoms with van der Waals surface area (Å²) in [4.78, 5) is 21.0. The average Bonchev–Trinajstić information content (AvgIpc) is 2.77. The Morgan fingerprint density at radius 3 is 2.79 bits per heavy atom. The number of pyridine rings is 1. The summed E-state index contributed by atoms with van der Waals surface area (Å²) in [5.41, 5.74) is 4.34. The Bertz CT molecular complexity index is 1040. The number of benzene rings is 2. The van der Waals surface area contributed by atoms with E-state index >= 15 is 0 Å². The van der Waals surface area contributed by atoms with Gasteiger partial charge in [0.15, 0.2) is 6.61 Å². The lowest BCUT2D eigenvalue weighted by Crippen LogP contribution is -2.47. The predicted octanol–water partition coefficient (Wildman–Crippen LogP) is 2.93. The molecule has 2 aliphatic rings. The van der Waals surface area contributed by atoms with Gasteiger partial charge in [-0.1, -0.05) is 24.3 Å². The van der Waals surface area contributed by atoms with E-state index in [0.29, 0.717) is 0 Å². The van der Waals surface area contributed by atoms with Crippen LogP contribution in [0.15, 0.2) is 54.7 Å². The smallest absolute Gasteiger partial charge is 0.262 e. The lowest BCUT2D eigenvalue weighted by atomic mass is 10.1. The largest absolute Gasteiger partial charge is 0.482 e. The normalized spacial score (nSPS) is 17.0. The van der Waals surface area contributed by atoms with Gasteiger partial charge in [-0.3, -0.25) is 14.7 Å². The molecule has 6 heteroatoms. The first-order chi connectivity index (χ1) is 14.3. The van der Waals surface area contributed by atoms with Crippen molar-refractivity contribution in [3.05, 3.63) is 60.3 Å². The Kier molecular flexibility index (Phi) is 4.77. The Hall–Kier alpha value is -3.12. The molecular weight excluding hydrogens is 364 g/mol. The summed E-state index contributed by atoms with van der Waals surface area (Å²) >= 11 is 0. The molecule has 1 aromatic heterocycles. The van der Waals surface area contributed by atoms with Crippen LogP contribution in [0.3, 0.4) is 0 Å². The van der Waals surface area contributed by atoms with Crippen LogP contribution in [-0.4, -0.2) is 55.1 Å². The molecule has 5 rings (SSSR count). The fourth-order valence-electron chi connectivity index (χ4n) is 4.14. The number of carbonyl (C=O) groups is 1. The van der Waals surface area contributed by atoms with Gasteiger partial charge in [-0.2, -0.15) is 0 Å². The van der Waals surface area contributed by atoms with Gasteiger partial charge in [-0.25, -0.2) is 0 Å². The Morgan fingerprint density at radius 2 is 1.90 bits per heavy atom. The summed E-state index contributed by atoms with van der Waals surface area (Å²) in [6, 6.07) is 16.5. The third-order valence-electron chi connectivity index (χ3n) is 5.73. The highest BCUT2D eigenvalue weighted by Gasteiger charge is 2.19. The standard InChI is InChI=1S/C23H24N4O2/c28-23-16-29-22-6-5-17(15-20(22)25-23)8-10-26-11-13-27(14-12-26)21-7-9-24-19-4-2-1-3-18(19)21/h1-7,9,15H,8,10-14,16H2,(H,25,28). The van der Waals surface area contributed by atoms with Crippen molar-refractivity contribution in [1.82, 2.24) is 9.88 Å². The van der Waals surface area contributed by atoms with Crippen LogP contribution in [0.5, 0.6) is 5.75 Å². The topological polar surface area (TPSA) is 57.7 Å². The molecule has 1 amide bonds. The Balaban J connectivity index is 1.19. The molecular formula is C23H24N4O2. The number of anilines is 2. The molecule has 0 radical (unpaired) electrons.